The molecule has 0 amide bonds. The average molecular weight is 254 g/mol. The fraction of sp³-hybridized carbons (Fsp3) is 0.929. The Morgan fingerprint density at radius 2 is 1.88 bits per heavy atom. The van der Waals surface area contributed by atoms with E-state index in [4.69, 9.17) is 18.0 Å². The van der Waals surface area contributed by atoms with Crippen LogP contribution >= 0.6 is 12.2 Å². The van der Waals surface area contributed by atoms with Crippen molar-refractivity contribution in [2.75, 3.05) is 19.6 Å². The molecule has 0 aromatic rings. The summed E-state index contributed by atoms with van der Waals surface area (Å²) in [7, 11) is 0. The number of likely N-dealkylation sites (tertiary alicyclic amines) is 1. The van der Waals surface area contributed by atoms with Gasteiger partial charge in [0.25, 0.3) is 0 Å². The van der Waals surface area contributed by atoms with Crippen LogP contribution in [0, 0.1) is 10.8 Å². The minimum Gasteiger partial charge on any atom is -0.393 e. The van der Waals surface area contributed by atoms with E-state index in [-0.39, 0.29) is 0 Å². The van der Waals surface area contributed by atoms with Crippen LogP contribution in [-0.2, 0) is 0 Å². The van der Waals surface area contributed by atoms with Crippen LogP contribution in [0.4, 0.5) is 0 Å². The van der Waals surface area contributed by atoms with Gasteiger partial charge in [0, 0.05) is 13.0 Å². The van der Waals surface area contributed by atoms with Crippen molar-refractivity contribution in [3.8, 4) is 0 Å². The van der Waals surface area contributed by atoms with Crippen LogP contribution in [0.3, 0.4) is 0 Å². The number of rotatable bonds is 4. The molecule has 0 aromatic carbocycles. The van der Waals surface area contributed by atoms with Crippen molar-refractivity contribution in [3.63, 3.8) is 0 Å². The fourth-order valence-electron chi connectivity index (χ4n) is 3.05. The standard InChI is InChI=1S/C14H26N2S/c1-13(2)4-3-8-16(9-7-13)11-14(5-6-14)10-12(15)17/h3-11H2,1-2H3,(H2,15,17). The second-order valence-corrected chi connectivity index (χ2v) is 7.46. The molecule has 98 valence electrons. The Bertz CT molecular complexity index is 295. The minimum absolute atomic E-state index is 0.459. The highest BCUT2D eigenvalue weighted by Gasteiger charge is 2.44. The summed E-state index contributed by atoms with van der Waals surface area (Å²) < 4.78 is 0. The van der Waals surface area contributed by atoms with E-state index in [1.54, 1.807) is 0 Å². The van der Waals surface area contributed by atoms with E-state index in [1.165, 1.54) is 51.7 Å². The summed E-state index contributed by atoms with van der Waals surface area (Å²) in [5.41, 5.74) is 6.71. The maximum Gasteiger partial charge on any atom is 0.0733 e. The Morgan fingerprint density at radius 1 is 1.18 bits per heavy atom. The normalized spacial score (nSPS) is 27.4. The van der Waals surface area contributed by atoms with E-state index >= 15 is 0 Å². The summed E-state index contributed by atoms with van der Waals surface area (Å²) in [6.45, 7) is 8.55. The third kappa shape index (κ3) is 3.92. The van der Waals surface area contributed by atoms with Gasteiger partial charge in [0.1, 0.15) is 0 Å². The lowest BCUT2D eigenvalue weighted by Crippen LogP contribution is -2.33. The maximum absolute atomic E-state index is 5.71. The van der Waals surface area contributed by atoms with Crippen molar-refractivity contribution in [2.45, 2.75) is 52.4 Å². The van der Waals surface area contributed by atoms with Gasteiger partial charge in [-0.25, -0.2) is 0 Å². The first-order valence-electron chi connectivity index (χ1n) is 6.92. The van der Waals surface area contributed by atoms with Gasteiger partial charge in [-0.1, -0.05) is 26.1 Å². The average Bonchev–Trinajstić information content (AvgIpc) is 2.94. The molecule has 1 aliphatic carbocycles. The molecule has 0 aromatic heterocycles. The summed E-state index contributed by atoms with van der Waals surface area (Å²) >= 11 is 5.07. The minimum atomic E-state index is 0.459. The van der Waals surface area contributed by atoms with Crippen LogP contribution in [-0.4, -0.2) is 29.5 Å². The first kappa shape index (κ1) is 13.3. The summed E-state index contributed by atoms with van der Waals surface area (Å²) in [6.07, 6.45) is 7.65. The van der Waals surface area contributed by atoms with Crippen molar-refractivity contribution in [3.05, 3.63) is 0 Å². The molecule has 17 heavy (non-hydrogen) atoms. The molecule has 2 rings (SSSR count). The van der Waals surface area contributed by atoms with Crippen molar-refractivity contribution in [2.24, 2.45) is 16.6 Å². The van der Waals surface area contributed by atoms with Crippen LogP contribution in [0.25, 0.3) is 0 Å². The first-order chi connectivity index (χ1) is 7.91. The van der Waals surface area contributed by atoms with Gasteiger partial charge in [0.15, 0.2) is 0 Å². The largest absolute Gasteiger partial charge is 0.393 e. The highest BCUT2D eigenvalue weighted by Crippen LogP contribution is 2.49. The molecule has 0 atom stereocenters. The predicted octanol–water partition coefficient (Wildman–Crippen LogP) is 2.95. The SMILES string of the molecule is CC1(C)CCCN(CC2(CC(N)=S)CC2)CC1. The molecule has 1 heterocycles. The van der Waals surface area contributed by atoms with E-state index in [2.05, 4.69) is 18.7 Å². The molecule has 2 N–H and O–H groups in total. The highest BCUT2D eigenvalue weighted by molar-refractivity contribution is 7.80. The first-order valence-corrected chi connectivity index (χ1v) is 7.32. The monoisotopic (exact) mass is 254 g/mol. The molecule has 0 unspecified atom stereocenters. The van der Waals surface area contributed by atoms with Gasteiger partial charge in [-0.05, 0) is 56.0 Å². The van der Waals surface area contributed by atoms with Crippen molar-refractivity contribution < 1.29 is 0 Å². The van der Waals surface area contributed by atoms with Gasteiger partial charge in [0.05, 0.1) is 4.99 Å². The number of hydrogen-bond donors (Lipinski definition) is 1. The fourth-order valence-corrected chi connectivity index (χ4v) is 3.35. The van der Waals surface area contributed by atoms with Crippen LogP contribution in [0.2, 0.25) is 0 Å². The molecular formula is C14H26N2S. The Balaban J connectivity index is 1.85. The summed E-state index contributed by atoms with van der Waals surface area (Å²) in [5, 5.41) is 0. The maximum atomic E-state index is 5.71. The lowest BCUT2D eigenvalue weighted by atomic mass is 9.85. The summed E-state index contributed by atoms with van der Waals surface area (Å²) in [4.78, 5) is 3.36. The molecule has 0 radical (unpaired) electrons. The lowest BCUT2D eigenvalue weighted by molar-refractivity contribution is 0.219. The molecule has 1 saturated carbocycles. The molecule has 1 saturated heterocycles. The Labute approximate surface area is 111 Å². The van der Waals surface area contributed by atoms with E-state index in [0.717, 1.165) is 6.42 Å². The second kappa shape index (κ2) is 4.85. The third-order valence-electron chi connectivity index (χ3n) is 4.50. The highest BCUT2D eigenvalue weighted by atomic mass is 32.1. The van der Waals surface area contributed by atoms with Crippen molar-refractivity contribution in [1.82, 2.24) is 4.90 Å². The van der Waals surface area contributed by atoms with Crippen LogP contribution in [0.1, 0.15) is 52.4 Å². The van der Waals surface area contributed by atoms with Gasteiger partial charge < -0.3 is 10.6 Å². The number of nitrogens with two attached hydrogens (primary N) is 1. The number of nitrogens with zero attached hydrogens (tertiary/aromatic N) is 1. The summed E-state index contributed by atoms with van der Waals surface area (Å²) in [6, 6.07) is 0. The van der Waals surface area contributed by atoms with E-state index in [1.807, 2.05) is 0 Å². The molecule has 1 aliphatic heterocycles. The third-order valence-corrected chi connectivity index (χ3v) is 4.64. The van der Waals surface area contributed by atoms with Gasteiger partial charge in [-0.15, -0.1) is 0 Å². The zero-order chi connectivity index (χ0) is 12.5. The molecule has 2 aliphatic rings. The van der Waals surface area contributed by atoms with Gasteiger partial charge in [-0.2, -0.15) is 0 Å². The van der Waals surface area contributed by atoms with Crippen LogP contribution < -0.4 is 5.73 Å². The Kier molecular flexibility index (Phi) is 3.79. The van der Waals surface area contributed by atoms with E-state index < -0.39 is 0 Å². The molecule has 2 nitrogen and oxygen atoms in total. The lowest BCUT2D eigenvalue weighted by Gasteiger charge is -2.27. The van der Waals surface area contributed by atoms with Crippen LogP contribution in [0.5, 0.6) is 0 Å². The van der Waals surface area contributed by atoms with E-state index in [0.29, 0.717) is 15.8 Å². The number of hydrogen-bond acceptors (Lipinski definition) is 2. The number of thiocarbonyl (C=S) groups is 1. The molecular weight excluding hydrogens is 228 g/mol. The van der Waals surface area contributed by atoms with Crippen molar-refractivity contribution >= 4 is 17.2 Å². The van der Waals surface area contributed by atoms with Gasteiger partial charge >= 0.3 is 0 Å². The quantitative estimate of drug-likeness (QED) is 0.782. The Morgan fingerprint density at radius 3 is 2.47 bits per heavy atom. The topological polar surface area (TPSA) is 29.3 Å². The van der Waals surface area contributed by atoms with Gasteiger partial charge in [0.2, 0.25) is 0 Å². The summed E-state index contributed by atoms with van der Waals surface area (Å²) in [5.74, 6) is 0. The molecule has 3 heteroatoms. The second-order valence-electron chi connectivity index (χ2n) is 6.94. The molecule has 2 fully saturated rings. The van der Waals surface area contributed by atoms with Crippen LogP contribution in [0.15, 0.2) is 0 Å². The zero-order valence-electron chi connectivity index (χ0n) is 11.3. The Hall–Kier alpha value is -0.150. The van der Waals surface area contributed by atoms with E-state index in [9.17, 15) is 0 Å². The molecule has 0 spiro atoms. The molecule has 0 bridgehead atoms. The van der Waals surface area contributed by atoms with Gasteiger partial charge in [-0.3, -0.25) is 0 Å². The van der Waals surface area contributed by atoms with Crippen molar-refractivity contribution in [1.29, 1.82) is 0 Å². The predicted molar refractivity (Wildman–Crippen MR) is 77.1 cm³/mol. The zero-order valence-corrected chi connectivity index (χ0v) is 12.1. The smallest absolute Gasteiger partial charge is 0.0733 e.